The molecule has 2 N–H and O–H groups in total. The van der Waals surface area contributed by atoms with Crippen LogP contribution in [0.3, 0.4) is 0 Å². The number of carbonyl (C=O) groups excluding carboxylic acids is 1. The summed E-state index contributed by atoms with van der Waals surface area (Å²) in [6.45, 7) is 6.90. The average Bonchev–Trinajstić information content (AvgIpc) is 3.21. The van der Waals surface area contributed by atoms with E-state index in [0.29, 0.717) is 24.4 Å². The second-order valence-corrected chi connectivity index (χ2v) is 12.7. The Morgan fingerprint density at radius 3 is 2.30 bits per heavy atom. The highest BCUT2D eigenvalue weighted by molar-refractivity contribution is 7.92. The number of rotatable bonds is 8. The van der Waals surface area contributed by atoms with Gasteiger partial charge in [-0.3, -0.25) is 9.78 Å². The lowest BCUT2D eigenvalue weighted by atomic mass is 9.90. The molecule has 0 saturated heterocycles. The number of sulfone groups is 1. The number of aromatic hydroxyl groups is 1. The number of para-hydroxylation sites is 1. The molecule has 1 atom stereocenters. The molecular formula is C25H28F3N3O5S. The molecule has 200 valence electrons. The fourth-order valence-corrected chi connectivity index (χ4v) is 5.31. The SMILES string of the molecule is CC(C)(C)Cc1cc(CC(C)(CNC(=O)c2ccccc2O)S(=O)(=O)c2ccc(C(F)(F)F)nc2)on1. The summed E-state index contributed by atoms with van der Waals surface area (Å²) in [6.07, 6.45) is -3.77. The fraction of sp³-hybridized carbons (Fsp3) is 0.400. The molecule has 1 aromatic carbocycles. The number of benzene rings is 1. The van der Waals surface area contributed by atoms with Crippen LogP contribution in [0.1, 0.15) is 55.2 Å². The maximum Gasteiger partial charge on any atom is 0.433 e. The molecule has 0 aliphatic rings. The minimum absolute atomic E-state index is 0.0643. The van der Waals surface area contributed by atoms with Crippen molar-refractivity contribution in [3.63, 3.8) is 0 Å². The van der Waals surface area contributed by atoms with E-state index in [-0.39, 0.29) is 28.9 Å². The van der Waals surface area contributed by atoms with Crippen molar-refractivity contribution in [2.45, 2.75) is 56.4 Å². The molecular weight excluding hydrogens is 511 g/mol. The van der Waals surface area contributed by atoms with E-state index in [9.17, 15) is 31.5 Å². The van der Waals surface area contributed by atoms with Gasteiger partial charge in [-0.25, -0.2) is 8.42 Å². The molecule has 3 rings (SSSR count). The van der Waals surface area contributed by atoms with Crippen LogP contribution in [0.4, 0.5) is 13.2 Å². The van der Waals surface area contributed by atoms with Crippen molar-refractivity contribution in [2.75, 3.05) is 6.54 Å². The lowest BCUT2D eigenvalue weighted by molar-refractivity contribution is -0.141. The first kappa shape index (κ1) is 28.2. The van der Waals surface area contributed by atoms with Crippen molar-refractivity contribution < 1.29 is 36.0 Å². The van der Waals surface area contributed by atoms with Gasteiger partial charge in [-0.05, 0) is 43.0 Å². The predicted molar refractivity (Wildman–Crippen MR) is 129 cm³/mol. The Labute approximate surface area is 212 Å². The number of pyridine rings is 1. The number of phenolic OH excluding ortho intramolecular Hbond substituents is 1. The van der Waals surface area contributed by atoms with Crippen molar-refractivity contribution in [1.29, 1.82) is 0 Å². The number of halogens is 3. The zero-order valence-electron chi connectivity index (χ0n) is 20.8. The van der Waals surface area contributed by atoms with E-state index in [0.717, 1.165) is 6.07 Å². The van der Waals surface area contributed by atoms with E-state index in [2.05, 4.69) is 15.5 Å². The third-order valence-corrected chi connectivity index (χ3v) is 8.07. The maximum atomic E-state index is 13.7. The maximum absolute atomic E-state index is 13.7. The lowest BCUT2D eigenvalue weighted by Crippen LogP contribution is -2.48. The quantitative estimate of drug-likeness (QED) is 0.429. The van der Waals surface area contributed by atoms with Crippen molar-refractivity contribution in [2.24, 2.45) is 5.41 Å². The Bertz CT molecular complexity index is 1360. The minimum Gasteiger partial charge on any atom is -0.507 e. The normalized spacial score (nSPS) is 14.2. The molecule has 0 bridgehead atoms. The minimum atomic E-state index is -4.74. The molecule has 0 aliphatic carbocycles. The fourth-order valence-electron chi connectivity index (χ4n) is 3.71. The van der Waals surface area contributed by atoms with Crippen LogP contribution in [-0.4, -0.2) is 40.9 Å². The Balaban J connectivity index is 1.96. The molecule has 12 heteroatoms. The number of nitrogens with one attached hydrogen (secondary N) is 1. The first-order chi connectivity index (χ1) is 17.0. The lowest BCUT2D eigenvalue weighted by Gasteiger charge is -2.29. The third-order valence-electron chi connectivity index (χ3n) is 5.62. The number of nitrogens with zero attached hydrogens (tertiary/aromatic N) is 2. The summed E-state index contributed by atoms with van der Waals surface area (Å²) in [6, 6.07) is 8.77. The van der Waals surface area contributed by atoms with Crippen LogP contribution >= 0.6 is 0 Å². The van der Waals surface area contributed by atoms with Gasteiger partial charge in [-0.2, -0.15) is 13.2 Å². The summed E-state index contributed by atoms with van der Waals surface area (Å²) in [5, 5.41) is 16.5. The Morgan fingerprint density at radius 2 is 1.73 bits per heavy atom. The third kappa shape index (κ3) is 6.68. The van der Waals surface area contributed by atoms with Crippen molar-refractivity contribution in [1.82, 2.24) is 15.5 Å². The second-order valence-electron chi connectivity index (χ2n) is 10.2. The van der Waals surface area contributed by atoms with Crippen molar-refractivity contribution >= 4 is 15.7 Å². The first-order valence-electron chi connectivity index (χ1n) is 11.3. The Morgan fingerprint density at radius 1 is 1.05 bits per heavy atom. The Kier molecular flexibility index (Phi) is 7.73. The largest absolute Gasteiger partial charge is 0.507 e. The van der Waals surface area contributed by atoms with Crippen molar-refractivity contribution in [3.05, 3.63) is 71.4 Å². The molecule has 8 nitrogen and oxygen atoms in total. The zero-order valence-corrected chi connectivity index (χ0v) is 21.6. The van der Waals surface area contributed by atoms with E-state index in [1.807, 2.05) is 20.8 Å². The predicted octanol–water partition coefficient (Wildman–Crippen LogP) is 4.59. The standard InChI is InChI=1S/C25H28F3N3O5S/c1-23(2,3)12-16-11-17(36-31-16)13-24(4,15-30-22(33)19-7-5-6-8-20(19)32)37(34,35)18-9-10-21(29-14-18)25(26,27)28/h5-11,14,32H,12-13,15H2,1-4H3,(H,30,33). The number of hydrogen-bond acceptors (Lipinski definition) is 7. The molecule has 0 saturated carbocycles. The van der Waals surface area contributed by atoms with Crippen LogP contribution in [0.15, 0.2) is 58.1 Å². The molecule has 0 aliphatic heterocycles. The van der Waals surface area contributed by atoms with Gasteiger partial charge < -0.3 is 14.9 Å². The monoisotopic (exact) mass is 539 g/mol. The Hall–Kier alpha value is -3.41. The van der Waals surface area contributed by atoms with Gasteiger partial charge in [-0.1, -0.05) is 38.1 Å². The smallest absolute Gasteiger partial charge is 0.433 e. The first-order valence-corrected chi connectivity index (χ1v) is 12.8. The molecule has 1 amide bonds. The highest BCUT2D eigenvalue weighted by atomic mass is 32.2. The van der Waals surface area contributed by atoms with Crippen LogP contribution in [0.5, 0.6) is 5.75 Å². The van der Waals surface area contributed by atoms with Crippen LogP contribution in [0.2, 0.25) is 0 Å². The van der Waals surface area contributed by atoms with Crippen LogP contribution in [0.25, 0.3) is 0 Å². The molecule has 37 heavy (non-hydrogen) atoms. The van der Waals surface area contributed by atoms with Gasteiger partial charge >= 0.3 is 6.18 Å². The van der Waals surface area contributed by atoms with E-state index in [4.69, 9.17) is 4.52 Å². The van der Waals surface area contributed by atoms with Gasteiger partial charge in [0.25, 0.3) is 5.91 Å². The van der Waals surface area contributed by atoms with Gasteiger partial charge in [0.1, 0.15) is 17.2 Å². The number of alkyl halides is 3. The number of amides is 1. The summed E-state index contributed by atoms with van der Waals surface area (Å²) in [4.78, 5) is 15.5. The van der Waals surface area contributed by atoms with E-state index in [1.54, 1.807) is 6.07 Å². The molecule has 2 aromatic heterocycles. The zero-order chi connectivity index (χ0) is 27.6. The highest BCUT2D eigenvalue weighted by Gasteiger charge is 2.43. The van der Waals surface area contributed by atoms with E-state index < -0.39 is 43.8 Å². The molecule has 0 spiro atoms. The molecule has 3 aromatic rings. The summed E-state index contributed by atoms with van der Waals surface area (Å²) in [5.41, 5.74) is -0.800. The molecule has 2 heterocycles. The topological polar surface area (TPSA) is 122 Å². The van der Waals surface area contributed by atoms with Crippen LogP contribution < -0.4 is 5.32 Å². The van der Waals surface area contributed by atoms with Crippen LogP contribution in [0, 0.1) is 5.41 Å². The van der Waals surface area contributed by atoms with Crippen LogP contribution in [-0.2, 0) is 28.9 Å². The summed E-state index contributed by atoms with van der Waals surface area (Å²) in [7, 11) is -4.37. The average molecular weight is 540 g/mol. The van der Waals surface area contributed by atoms with Gasteiger partial charge in [-0.15, -0.1) is 0 Å². The van der Waals surface area contributed by atoms with Gasteiger partial charge in [0.15, 0.2) is 9.84 Å². The number of aromatic nitrogens is 2. The summed E-state index contributed by atoms with van der Waals surface area (Å²) < 4.78 is 69.9. The molecule has 1 unspecified atom stereocenters. The number of carbonyl (C=O) groups is 1. The molecule has 0 fully saturated rings. The van der Waals surface area contributed by atoms with Gasteiger partial charge in [0.2, 0.25) is 0 Å². The highest BCUT2D eigenvalue weighted by Crippen LogP contribution is 2.32. The van der Waals surface area contributed by atoms with Gasteiger partial charge in [0.05, 0.1) is 20.9 Å². The summed E-state index contributed by atoms with van der Waals surface area (Å²) >= 11 is 0. The summed E-state index contributed by atoms with van der Waals surface area (Å²) in [5.74, 6) is -0.795. The number of phenols is 1. The van der Waals surface area contributed by atoms with Gasteiger partial charge in [0, 0.05) is 25.2 Å². The van der Waals surface area contributed by atoms with E-state index >= 15 is 0 Å². The molecule has 0 radical (unpaired) electrons. The number of hydrogen-bond donors (Lipinski definition) is 2. The second kappa shape index (κ2) is 10.2. The van der Waals surface area contributed by atoms with Crippen molar-refractivity contribution in [3.8, 4) is 5.75 Å². The van der Waals surface area contributed by atoms with E-state index in [1.165, 1.54) is 31.2 Å².